The van der Waals surface area contributed by atoms with Crippen LogP contribution in [-0.4, -0.2) is 0 Å². The number of allylic oxidation sites excluding steroid dienone is 6. The largest absolute Gasteiger partial charge is 0.0885 e. The van der Waals surface area contributed by atoms with Gasteiger partial charge in [0.1, 0.15) is 0 Å². The lowest BCUT2D eigenvalue weighted by Crippen LogP contribution is -2.38. The van der Waals surface area contributed by atoms with Gasteiger partial charge in [-0.1, -0.05) is 83.1 Å². The van der Waals surface area contributed by atoms with Crippen LogP contribution in [0.15, 0.2) is 76.8 Å². The van der Waals surface area contributed by atoms with Crippen molar-refractivity contribution in [3.05, 3.63) is 93.5 Å². The summed E-state index contributed by atoms with van der Waals surface area (Å²) in [5, 5.41) is 0. The van der Waals surface area contributed by atoms with Gasteiger partial charge in [0.05, 0.1) is 0 Å². The average molecular weight is 431 g/mol. The van der Waals surface area contributed by atoms with Gasteiger partial charge in [-0.3, -0.25) is 0 Å². The Balaban J connectivity index is 1.85. The molecule has 2 aromatic rings. The van der Waals surface area contributed by atoms with E-state index < -0.39 is 0 Å². The maximum atomic E-state index is 3.74. The highest BCUT2D eigenvalue weighted by molar-refractivity contribution is 9.10. The van der Waals surface area contributed by atoms with Crippen LogP contribution >= 0.6 is 15.9 Å². The molecule has 0 nitrogen and oxygen atoms in total. The van der Waals surface area contributed by atoms with Crippen molar-refractivity contribution in [1.82, 2.24) is 0 Å². The van der Waals surface area contributed by atoms with Crippen molar-refractivity contribution >= 4 is 15.9 Å². The predicted molar refractivity (Wildman–Crippen MR) is 123 cm³/mol. The summed E-state index contributed by atoms with van der Waals surface area (Å²) in [6.45, 7) is 2.26. The molecular formula is C27H27Br. The summed E-state index contributed by atoms with van der Waals surface area (Å²) in [5.41, 5.74) is 9.03. The third-order valence-corrected chi connectivity index (χ3v) is 7.51. The lowest BCUT2D eigenvalue weighted by atomic mass is 9.59. The molecule has 0 saturated carbocycles. The Morgan fingerprint density at radius 1 is 0.964 bits per heavy atom. The SMILES string of the molecule is CCc1ccc2c(c1)-c1cc(Br)ccc1C2(C1=CC=CCC1)C1CC=CCC1. The molecule has 0 heterocycles. The van der Waals surface area contributed by atoms with E-state index in [4.69, 9.17) is 0 Å². The zero-order valence-corrected chi connectivity index (χ0v) is 18.1. The second-order valence-electron chi connectivity index (χ2n) is 8.37. The maximum Gasteiger partial charge on any atom is 0.0457 e. The summed E-state index contributed by atoms with van der Waals surface area (Å²) >= 11 is 3.74. The molecule has 0 spiro atoms. The first kappa shape index (κ1) is 18.2. The lowest BCUT2D eigenvalue weighted by molar-refractivity contribution is 0.336. The number of fused-ring (bicyclic) bond motifs is 3. The van der Waals surface area contributed by atoms with E-state index in [-0.39, 0.29) is 5.41 Å². The van der Waals surface area contributed by atoms with Crippen LogP contribution in [0, 0.1) is 5.92 Å². The minimum Gasteiger partial charge on any atom is -0.0885 e. The van der Waals surface area contributed by atoms with E-state index in [0.717, 1.165) is 12.8 Å². The fourth-order valence-electron chi connectivity index (χ4n) is 5.77. The van der Waals surface area contributed by atoms with E-state index in [1.807, 2.05) is 0 Å². The van der Waals surface area contributed by atoms with E-state index in [0.29, 0.717) is 5.92 Å². The number of benzene rings is 2. The molecule has 2 unspecified atom stereocenters. The zero-order valence-electron chi connectivity index (χ0n) is 16.5. The number of hydrogen-bond donors (Lipinski definition) is 0. The Kier molecular flexibility index (Phi) is 4.67. The van der Waals surface area contributed by atoms with Crippen molar-refractivity contribution in [3.63, 3.8) is 0 Å². The monoisotopic (exact) mass is 430 g/mol. The highest BCUT2D eigenvalue weighted by Crippen LogP contribution is 2.60. The first-order chi connectivity index (χ1) is 13.7. The van der Waals surface area contributed by atoms with Gasteiger partial charge in [-0.15, -0.1) is 0 Å². The molecule has 0 radical (unpaired) electrons. The topological polar surface area (TPSA) is 0 Å². The molecule has 2 atom stereocenters. The molecule has 3 aliphatic rings. The van der Waals surface area contributed by atoms with Gasteiger partial charge in [0.2, 0.25) is 0 Å². The van der Waals surface area contributed by atoms with Crippen LogP contribution in [0.5, 0.6) is 0 Å². The molecule has 0 amide bonds. The summed E-state index contributed by atoms with van der Waals surface area (Å²) in [4.78, 5) is 0. The fraction of sp³-hybridized carbons (Fsp3) is 0.333. The Bertz CT molecular complexity index is 1010. The highest BCUT2D eigenvalue weighted by atomic mass is 79.9. The van der Waals surface area contributed by atoms with Gasteiger partial charge in [-0.2, -0.15) is 0 Å². The molecule has 142 valence electrons. The predicted octanol–water partition coefficient (Wildman–Crippen LogP) is 7.91. The van der Waals surface area contributed by atoms with Crippen molar-refractivity contribution in [1.29, 1.82) is 0 Å². The summed E-state index contributed by atoms with van der Waals surface area (Å²) in [6.07, 6.45) is 18.9. The van der Waals surface area contributed by atoms with E-state index >= 15 is 0 Å². The Hall–Kier alpha value is -1.86. The fourth-order valence-corrected chi connectivity index (χ4v) is 6.13. The number of halogens is 1. The van der Waals surface area contributed by atoms with Crippen molar-refractivity contribution < 1.29 is 0 Å². The third kappa shape index (κ3) is 2.63. The van der Waals surface area contributed by atoms with Crippen LogP contribution in [0.4, 0.5) is 0 Å². The van der Waals surface area contributed by atoms with Crippen molar-refractivity contribution in [2.45, 2.75) is 50.9 Å². The van der Waals surface area contributed by atoms with Crippen molar-refractivity contribution in [2.75, 3.05) is 0 Å². The second-order valence-corrected chi connectivity index (χ2v) is 9.29. The van der Waals surface area contributed by atoms with E-state index in [1.54, 1.807) is 11.1 Å². The first-order valence-electron chi connectivity index (χ1n) is 10.7. The van der Waals surface area contributed by atoms with Gasteiger partial charge >= 0.3 is 0 Å². The minimum absolute atomic E-state index is 0.0210. The van der Waals surface area contributed by atoms with Gasteiger partial charge in [-0.25, -0.2) is 0 Å². The molecule has 1 heteroatoms. The third-order valence-electron chi connectivity index (χ3n) is 7.02. The van der Waals surface area contributed by atoms with Gasteiger partial charge in [0.25, 0.3) is 0 Å². The summed E-state index contributed by atoms with van der Waals surface area (Å²) in [7, 11) is 0. The molecule has 2 aromatic carbocycles. The highest BCUT2D eigenvalue weighted by Gasteiger charge is 2.50. The Labute approximate surface area is 177 Å². The summed E-state index contributed by atoms with van der Waals surface area (Å²) in [5.74, 6) is 0.629. The van der Waals surface area contributed by atoms with Crippen molar-refractivity contribution in [3.8, 4) is 11.1 Å². The van der Waals surface area contributed by atoms with Crippen LogP contribution in [0.2, 0.25) is 0 Å². The quantitative estimate of drug-likeness (QED) is 0.433. The van der Waals surface area contributed by atoms with Crippen molar-refractivity contribution in [2.24, 2.45) is 5.92 Å². The summed E-state index contributed by atoms with van der Waals surface area (Å²) < 4.78 is 1.18. The molecule has 3 aliphatic carbocycles. The van der Waals surface area contributed by atoms with Crippen LogP contribution in [-0.2, 0) is 11.8 Å². The second kappa shape index (κ2) is 7.19. The molecule has 0 aliphatic heterocycles. The number of hydrogen-bond acceptors (Lipinski definition) is 0. The zero-order chi connectivity index (χ0) is 19.1. The standard InChI is InChI=1S/C27H27Br/c1-2-19-13-15-25-23(17-19)24-18-22(28)14-16-26(24)27(25,20-9-5-3-6-10-20)21-11-7-4-8-12-21/h3-5,7,9,13-18,21H,2,6,8,10-12H2,1H3. The van der Waals surface area contributed by atoms with Gasteiger partial charge < -0.3 is 0 Å². The van der Waals surface area contributed by atoms with Gasteiger partial charge in [0.15, 0.2) is 0 Å². The van der Waals surface area contributed by atoms with E-state index in [1.165, 1.54) is 52.4 Å². The van der Waals surface area contributed by atoms with Gasteiger partial charge in [0, 0.05) is 9.89 Å². The van der Waals surface area contributed by atoms with E-state index in [2.05, 4.69) is 89.6 Å². The lowest BCUT2D eigenvalue weighted by Gasteiger charge is -2.43. The maximum absolute atomic E-state index is 3.74. The molecule has 0 N–H and O–H groups in total. The van der Waals surface area contributed by atoms with Gasteiger partial charge in [-0.05, 0) is 84.4 Å². The Morgan fingerprint density at radius 2 is 1.79 bits per heavy atom. The van der Waals surface area contributed by atoms with Crippen LogP contribution < -0.4 is 0 Å². The molecule has 0 bridgehead atoms. The van der Waals surface area contributed by atoms with Crippen LogP contribution in [0.1, 0.15) is 55.7 Å². The number of rotatable bonds is 3. The molecular weight excluding hydrogens is 404 g/mol. The molecule has 0 fully saturated rings. The molecule has 0 saturated heterocycles. The average Bonchev–Trinajstić information content (AvgIpc) is 3.04. The van der Waals surface area contributed by atoms with Crippen LogP contribution in [0.3, 0.4) is 0 Å². The Morgan fingerprint density at radius 3 is 2.50 bits per heavy atom. The smallest absolute Gasteiger partial charge is 0.0457 e. The molecule has 5 rings (SSSR count). The molecule has 28 heavy (non-hydrogen) atoms. The normalized spacial score (nSPS) is 25.4. The molecule has 0 aromatic heterocycles. The minimum atomic E-state index is 0.0210. The van der Waals surface area contributed by atoms with Crippen LogP contribution in [0.25, 0.3) is 11.1 Å². The summed E-state index contributed by atoms with van der Waals surface area (Å²) in [6, 6.07) is 14.3. The first-order valence-corrected chi connectivity index (χ1v) is 11.5. The number of aryl methyl sites for hydroxylation is 1. The van der Waals surface area contributed by atoms with E-state index in [9.17, 15) is 0 Å².